The minimum Gasteiger partial charge on any atom is -0.467 e. The third kappa shape index (κ3) is 2.91. The maximum atomic E-state index is 11.1. The number of benzene rings is 1. The lowest BCUT2D eigenvalue weighted by molar-refractivity contribution is -0.149. The van der Waals surface area contributed by atoms with Crippen LogP contribution in [0.2, 0.25) is 0 Å². The molecule has 0 radical (unpaired) electrons. The molecule has 0 aliphatic rings. The number of fused-ring (bicyclic) bond motifs is 1. The summed E-state index contributed by atoms with van der Waals surface area (Å²) in [5, 5.41) is 17.9. The van der Waals surface area contributed by atoms with Gasteiger partial charge in [-0.15, -0.1) is 0 Å². The number of esters is 1. The second-order valence-corrected chi connectivity index (χ2v) is 4.88. The number of nitrogens with zero attached hydrogens (tertiary/aromatic N) is 2. The molecule has 1 aromatic heterocycles. The smallest absolute Gasteiger partial charge is 0.336 e. The molecular formula is C14H19N3O3. The zero-order valence-corrected chi connectivity index (χ0v) is 11.8. The number of aliphatic hydroxyl groups is 1. The lowest BCUT2D eigenvalue weighted by Gasteiger charge is -2.11. The number of anilines is 1. The molecule has 1 aromatic carbocycles. The van der Waals surface area contributed by atoms with Gasteiger partial charge in [0.2, 0.25) is 0 Å². The number of aromatic nitrogens is 2. The third-order valence-electron chi connectivity index (χ3n) is 3.06. The number of hydrogen-bond acceptors (Lipinski definition) is 5. The molecule has 2 aromatic rings. The van der Waals surface area contributed by atoms with Crippen molar-refractivity contribution in [2.75, 3.05) is 19.0 Å². The van der Waals surface area contributed by atoms with Crippen molar-refractivity contribution in [1.82, 2.24) is 9.78 Å². The van der Waals surface area contributed by atoms with E-state index in [4.69, 9.17) is 0 Å². The summed E-state index contributed by atoms with van der Waals surface area (Å²) in [6.07, 6.45) is 0.631. The first-order valence-electron chi connectivity index (χ1n) is 6.50. The van der Waals surface area contributed by atoms with E-state index < -0.39 is 12.1 Å². The van der Waals surface area contributed by atoms with Crippen LogP contribution in [0, 0.1) is 0 Å². The fourth-order valence-corrected chi connectivity index (χ4v) is 2.01. The lowest BCUT2D eigenvalue weighted by Crippen LogP contribution is -2.29. The van der Waals surface area contributed by atoms with Gasteiger partial charge in [0, 0.05) is 17.1 Å². The van der Waals surface area contributed by atoms with Crippen LogP contribution in [-0.2, 0) is 9.53 Å². The molecule has 0 fully saturated rings. The molecule has 20 heavy (non-hydrogen) atoms. The summed E-state index contributed by atoms with van der Waals surface area (Å²) in [5.74, 6) is -0.647. The van der Waals surface area contributed by atoms with Crippen LogP contribution in [0.3, 0.4) is 0 Å². The van der Waals surface area contributed by atoms with Crippen molar-refractivity contribution < 1.29 is 14.6 Å². The van der Waals surface area contributed by atoms with Crippen molar-refractivity contribution >= 4 is 22.6 Å². The van der Waals surface area contributed by atoms with Gasteiger partial charge in [-0.25, -0.2) is 4.79 Å². The van der Waals surface area contributed by atoms with E-state index >= 15 is 0 Å². The molecule has 6 nitrogen and oxygen atoms in total. The van der Waals surface area contributed by atoms with Crippen molar-refractivity contribution in [3.63, 3.8) is 0 Å². The Bertz CT molecular complexity index is 607. The maximum Gasteiger partial charge on any atom is 0.336 e. The highest BCUT2D eigenvalue weighted by atomic mass is 16.5. The Labute approximate surface area is 117 Å². The minimum atomic E-state index is -1.17. The number of ether oxygens (including phenoxy) is 1. The van der Waals surface area contributed by atoms with Gasteiger partial charge in [0.1, 0.15) is 0 Å². The molecule has 0 saturated carbocycles. The van der Waals surface area contributed by atoms with E-state index in [0.29, 0.717) is 6.04 Å². The zero-order chi connectivity index (χ0) is 14.7. The number of hydrogen-bond donors (Lipinski definition) is 2. The highest BCUT2D eigenvalue weighted by Gasteiger charge is 2.14. The van der Waals surface area contributed by atoms with Gasteiger partial charge >= 0.3 is 5.97 Å². The largest absolute Gasteiger partial charge is 0.467 e. The van der Waals surface area contributed by atoms with Crippen LogP contribution in [0.25, 0.3) is 10.9 Å². The first-order valence-corrected chi connectivity index (χ1v) is 6.50. The summed E-state index contributed by atoms with van der Waals surface area (Å²) in [5.41, 5.74) is 1.88. The summed E-state index contributed by atoms with van der Waals surface area (Å²) in [6, 6.07) is 6.10. The van der Waals surface area contributed by atoms with Crippen molar-refractivity contribution in [2.24, 2.45) is 0 Å². The Balaban J connectivity index is 2.11. The van der Waals surface area contributed by atoms with Crippen molar-refractivity contribution in [2.45, 2.75) is 26.0 Å². The van der Waals surface area contributed by atoms with Crippen LogP contribution in [0.4, 0.5) is 5.69 Å². The monoisotopic (exact) mass is 277 g/mol. The van der Waals surface area contributed by atoms with Gasteiger partial charge in [-0.2, -0.15) is 5.10 Å². The molecule has 0 amide bonds. The molecule has 0 saturated heterocycles. The van der Waals surface area contributed by atoms with Gasteiger partial charge in [0.05, 0.1) is 25.4 Å². The predicted octanol–water partition coefficient (Wildman–Crippen LogP) is 1.56. The van der Waals surface area contributed by atoms with E-state index in [1.165, 1.54) is 7.11 Å². The number of carbonyl (C=O) groups excluding carboxylic acids is 1. The second-order valence-electron chi connectivity index (χ2n) is 4.88. The van der Waals surface area contributed by atoms with Crippen LogP contribution < -0.4 is 5.32 Å². The normalized spacial score (nSPS) is 12.7. The molecule has 6 heteroatoms. The Morgan fingerprint density at radius 1 is 1.50 bits per heavy atom. The van der Waals surface area contributed by atoms with Gasteiger partial charge in [0.15, 0.2) is 6.10 Å². The number of methoxy groups -OCH3 is 1. The Kier molecular flexibility index (Phi) is 4.24. The van der Waals surface area contributed by atoms with Gasteiger partial charge in [-0.1, -0.05) is 0 Å². The van der Waals surface area contributed by atoms with E-state index in [-0.39, 0.29) is 6.54 Å². The van der Waals surface area contributed by atoms with Crippen LogP contribution in [0.15, 0.2) is 24.4 Å². The topological polar surface area (TPSA) is 76.4 Å². The molecule has 2 rings (SSSR count). The first kappa shape index (κ1) is 14.3. The fourth-order valence-electron chi connectivity index (χ4n) is 2.01. The van der Waals surface area contributed by atoms with Crippen LogP contribution in [0.5, 0.6) is 0 Å². The average Bonchev–Trinajstić information content (AvgIpc) is 2.86. The molecule has 0 spiro atoms. The number of aliphatic hydroxyl groups excluding tert-OH is 1. The molecule has 1 heterocycles. The molecule has 0 aliphatic heterocycles. The number of rotatable bonds is 5. The van der Waals surface area contributed by atoms with E-state index in [0.717, 1.165) is 16.6 Å². The van der Waals surface area contributed by atoms with Gasteiger partial charge in [0.25, 0.3) is 0 Å². The van der Waals surface area contributed by atoms with Gasteiger partial charge in [-0.3, -0.25) is 4.68 Å². The van der Waals surface area contributed by atoms with Crippen LogP contribution in [0.1, 0.15) is 19.9 Å². The SMILES string of the molecule is COC(=O)[C@H](O)CNc1ccc2c(cnn2C(C)C)c1. The first-order chi connectivity index (χ1) is 9.52. The highest BCUT2D eigenvalue weighted by molar-refractivity contribution is 5.82. The second kappa shape index (κ2) is 5.92. The maximum absolute atomic E-state index is 11.1. The van der Waals surface area contributed by atoms with Crippen molar-refractivity contribution in [1.29, 1.82) is 0 Å². The van der Waals surface area contributed by atoms with E-state index in [9.17, 15) is 9.90 Å². The summed E-state index contributed by atoms with van der Waals surface area (Å²) < 4.78 is 6.40. The summed E-state index contributed by atoms with van der Waals surface area (Å²) in [7, 11) is 1.25. The molecular weight excluding hydrogens is 258 g/mol. The molecule has 1 atom stereocenters. The molecule has 108 valence electrons. The predicted molar refractivity (Wildman–Crippen MR) is 76.6 cm³/mol. The summed E-state index contributed by atoms with van der Waals surface area (Å²) in [6.45, 7) is 4.26. The molecule has 0 aliphatic carbocycles. The summed E-state index contributed by atoms with van der Waals surface area (Å²) >= 11 is 0. The molecule has 2 N–H and O–H groups in total. The quantitative estimate of drug-likeness (QED) is 0.811. The highest BCUT2D eigenvalue weighted by Crippen LogP contribution is 2.21. The zero-order valence-electron chi connectivity index (χ0n) is 11.8. The van der Waals surface area contributed by atoms with Crippen molar-refractivity contribution in [3.8, 4) is 0 Å². The van der Waals surface area contributed by atoms with Gasteiger partial charge < -0.3 is 15.2 Å². The van der Waals surface area contributed by atoms with Crippen LogP contribution in [-0.4, -0.2) is 40.6 Å². The average molecular weight is 277 g/mol. The standard InChI is InChI=1S/C14H19N3O3/c1-9(2)17-12-5-4-11(6-10(12)7-16-17)15-8-13(18)14(19)20-3/h4-7,9,13,15,18H,8H2,1-3H3/t13-/m1/s1. The van der Waals surface area contributed by atoms with Crippen LogP contribution >= 0.6 is 0 Å². The van der Waals surface area contributed by atoms with E-state index in [1.54, 1.807) is 6.20 Å². The molecule has 0 bridgehead atoms. The Morgan fingerprint density at radius 3 is 2.90 bits per heavy atom. The lowest BCUT2D eigenvalue weighted by atomic mass is 10.2. The fraction of sp³-hybridized carbons (Fsp3) is 0.429. The van der Waals surface area contributed by atoms with E-state index in [1.807, 2.05) is 22.9 Å². The minimum absolute atomic E-state index is 0.108. The Morgan fingerprint density at radius 2 is 2.25 bits per heavy atom. The van der Waals surface area contributed by atoms with Gasteiger partial charge in [-0.05, 0) is 32.0 Å². The van der Waals surface area contributed by atoms with Crippen molar-refractivity contribution in [3.05, 3.63) is 24.4 Å². The third-order valence-corrected chi connectivity index (χ3v) is 3.06. The number of carbonyl (C=O) groups is 1. The number of nitrogens with one attached hydrogen (secondary N) is 1. The summed E-state index contributed by atoms with van der Waals surface area (Å²) in [4.78, 5) is 11.1. The molecule has 0 unspecified atom stereocenters. The van der Waals surface area contributed by atoms with E-state index in [2.05, 4.69) is 29.0 Å². The Hall–Kier alpha value is -2.08.